The highest BCUT2D eigenvalue weighted by Gasteiger charge is 2.30. The first-order valence-corrected chi connectivity index (χ1v) is 6.37. The van der Waals surface area contributed by atoms with Crippen molar-refractivity contribution < 1.29 is 17.9 Å². The molecule has 1 heterocycles. The van der Waals surface area contributed by atoms with E-state index in [9.17, 15) is 13.2 Å². The molecule has 7 heteroatoms. The maximum Gasteiger partial charge on any atom is 0.416 e. The zero-order valence-corrected chi connectivity index (χ0v) is 11.3. The normalized spacial score (nSPS) is 11.4. The summed E-state index contributed by atoms with van der Waals surface area (Å²) in [5, 5.41) is 10.8. The van der Waals surface area contributed by atoms with Crippen LogP contribution in [0.1, 0.15) is 18.2 Å². The van der Waals surface area contributed by atoms with E-state index in [4.69, 9.17) is 4.74 Å². The molecule has 2 aromatic rings. The van der Waals surface area contributed by atoms with Gasteiger partial charge in [0.25, 0.3) is 0 Å². The molecule has 0 bridgehead atoms. The molecule has 1 aromatic heterocycles. The Morgan fingerprint density at radius 2 is 1.95 bits per heavy atom. The Morgan fingerprint density at radius 1 is 1.14 bits per heavy atom. The smallest absolute Gasteiger partial charge is 0.416 e. The molecule has 2 rings (SSSR count). The van der Waals surface area contributed by atoms with Gasteiger partial charge in [0.05, 0.1) is 11.3 Å². The molecule has 0 aliphatic rings. The van der Waals surface area contributed by atoms with Gasteiger partial charge in [0.1, 0.15) is 5.75 Å². The van der Waals surface area contributed by atoms with Gasteiger partial charge in [-0.3, -0.25) is 0 Å². The molecule has 1 N–H and O–H groups in total. The van der Waals surface area contributed by atoms with Crippen LogP contribution in [-0.4, -0.2) is 16.7 Å². The average Bonchev–Trinajstić information content (AvgIpc) is 2.46. The summed E-state index contributed by atoms with van der Waals surface area (Å²) in [4.78, 5) is 0. The number of nitrogens with zero attached hydrogens (tertiary/aromatic N) is 2. The predicted molar refractivity (Wildman–Crippen MR) is 70.9 cm³/mol. The Labute approximate surface area is 120 Å². The first kappa shape index (κ1) is 15.2. The summed E-state index contributed by atoms with van der Waals surface area (Å²) in [5.74, 6) is 0.216. The number of nitrogens with one attached hydrogen (secondary N) is 1. The number of alkyl halides is 3. The number of ether oxygens (including phenoxy) is 1. The van der Waals surface area contributed by atoms with Crippen LogP contribution >= 0.6 is 0 Å². The van der Waals surface area contributed by atoms with E-state index < -0.39 is 11.7 Å². The lowest BCUT2D eigenvalue weighted by molar-refractivity contribution is -0.137. The number of rotatable bonds is 5. The first-order chi connectivity index (χ1) is 9.99. The maximum atomic E-state index is 12.6. The Hall–Kier alpha value is -2.15. The SMILES string of the molecule is CCNCc1ccc(Oc2cccc(C(F)(F)F)c2)nn1. The Morgan fingerprint density at radius 3 is 2.57 bits per heavy atom. The monoisotopic (exact) mass is 297 g/mol. The van der Waals surface area contributed by atoms with Gasteiger partial charge in [-0.2, -0.15) is 18.3 Å². The van der Waals surface area contributed by atoms with Crippen molar-refractivity contribution in [1.29, 1.82) is 0 Å². The first-order valence-electron chi connectivity index (χ1n) is 6.37. The van der Waals surface area contributed by atoms with Crippen LogP contribution in [0, 0.1) is 0 Å². The highest BCUT2D eigenvalue weighted by molar-refractivity contribution is 5.32. The molecule has 4 nitrogen and oxygen atoms in total. The minimum absolute atomic E-state index is 0.0681. The van der Waals surface area contributed by atoms with Gasteiger partial charge in [-0.15, -0.1) is 5.10 Å². The second-order valence-corrected chi connectivity index (χ2v) is 4.27. The third-order valence-corrected chi connectivity index (χ3v) is 2.64. The van der Waals surface area contributed by atoms with Gasteiger partial charge >= 0.3 is 6.18 Å². The van der Waals surface area contributed by atoms with Crippen LogP contribution in [0.2, 0.25) is 0 Å². The van der Waals surface area contributed by atoms with Crippen LogP contribution < -0.4 is 10.1 Å². The largest absolute Gasteiger partial charge is 0.438 e. The van der Waals surface area contributed by atoms with E-state index >= 15 is 0 Å². The summed E-state index contributed by atoms with van der Waals surface area (Å²) in [5.41, 5.74) is -0.0371. The Balaban J connectivity index is 2.08. The molecular weight excluding hydrogens is 283 g/mol. The van der Waals surface area contributed by atoms with Gasteiger partial charge in [0, 0.05) is 12.6 Å². The molecule has 0 fully saturated rings. The maximum absolute atomic E-state index is 12.6. The molecule has 0 aliphatic heterocycles. The Kier molecular flexibility index (Phi) is 4.74. The van der Waals surface area contributed by atoms with Crippen LogP contribution in [0.5, 0.6) is 11.6 Å². The second kappa shape index (κ2) is 6.53. The van der Waals surface area contributed by atoms with Crippen molar-refractivity contribution in [2.24, 2.45) is 0 Å². The lowest BCUT2D eigenvalue weighted by Crippen LogP contribution is -2.13. The van der Waals surface area contributed by atoms with Crippen LogP contribution in [0.25, 0.3) is 0 Å². The third kappa shape index (κ3) is 4.42. The van der Waals surface area contributed by atoms with Crippen LogP contribution in [0.3, 0.4) is 0 Å². The molecule has 112 valence electrons. The fourth-order valence-electron chi connectivity index (χ4n) is 1.61. The quantitative estimate of drug-likeness (QED) is 0.919. The molecule has 0 spiro atoms. The summed E-state index contributed by atoms with van der Waals surface area (Å²) in [7, 11) is 0. The minimum atomic E-state index is -4.40. The molecule has 0 saturated carbocycles. The van der Waals surface area contributed by atoms with Crippen molar-refractivity contribution in [3.8, 4) is 11.6 Å². The lowest BCUT2D eigenvalue weighted by Gasteiger charge is -2.09. The zero-order valence-electron chi connectivity index (χ0n) is 11.3. The number of aromatic nitrogens is 2. The molecule has 21 heavy (non-hydrogen) atoms. The fourth-order valence-corrected chi connectivity index (χ4v) is 1.61. The van der Waals surface area contributed by atoms with Crippen molar-refractivity contribution in [1.82, 2.24) is 15.5 Å². The number of halogens is 3. The van der Waals surface area contributed by atoms with Crippen molar-refractivity contribution in [2.45, 2.75) is 19.6 Å². The highest BCUT2D eigenvalue weighted by atomic mass is 19.4. The van der Waals surface area contributed by atoms with E-state index in [-0.39, 0.29) is 11.6 Å². The van der Waals surface area contributed by atoms with E-state index in [0.717, 1.165) is 24.4 Å². The topological polar surface area (TPSA) is 47.0 Å². The van der Waals surface area contributed by atoms with Crippen molar-refractivity contribution in [3.63, 3.8) is 0 Å². The molecule has 0 atom stereocenters. The number of hydrogen-bond acceptors (Lipinski definition) is 4. The van der Waals surface area contributed by atoms with Gasteiger partial charge < -0.3 is 10.1 Å². The van der Waals surface area contributed by atoms with Crippen molar-refractivity contribution in [2.75, 3.05) is 6.54 Å². The Bertz CT molecular complexity index is 585. The molecule has 0 unspecified atom stereocenters. The van der Waals surface area contributed by atoms with E-state index in [1.165, 1.54) is 12.1 Å². The average molecular weight is 297 g/mol. The lowest BCUT2D eigenvalue weighted by atomic mass is 10.2. The van der Waals surface area contributed by atoms with Gasteiger partial charge in [-0.1, -0.05) is 13.0 Å². The molecular formula is C14H14F3N3O. The number of benzene rings is 1. The molecule has 1 aromatic carbocycles. The second-order valence-electron chi connectivity index (χ2n) is 4.27. The van der Waals surface area contributed by atoms with Gasteiger partial charge in [-0.25, -0.2) is 0 Å². The zero-order chi connectivity index (χ0) is 15.3. The number of hydrogen-bond donors (Lipinski definition) is 1. The molecule has 0 amide bonds. The highest BCUT2D eigenvalue weighted by Crippen LogP contribution is 2.32. The van der Waals surface area contributed by atoms with Crippen LogP contribution in [0.15, 0.2) is 36.4 Å². The molecule has 0 radical (unpaired) electrons. The van der Waals surface area contributed by atoms with Crippen molar-refractivity contribution in [3.05, 3.63) is 47.7 Å². The van der Waals surface area contributed by atoms with Crippen molar-refractivity contribution >= 4 is 0 Å². The summed E-state index contributed by atoms with van der Waals surface area (Å²) in [6.45, 7) is 3.36. The van der Waals surface area contributed by atoms with Crippen LogP contribution in [-0.2, 0) is 12.7 Å². The summed E-state index contributed by atoms with van der Waals surface area (Å²) < 4.78 is 43.0. The van der Waals surface area contributed by atoms with E-state index in [1.807, 2.05) is 6.92 Å². The summed E-state index contributed by atoms with van der Waals surface area (Å²) in [6.07, 6.45) is -4.40. The fraction of sp³-hybridized carbons (Fsp3) is 0.286. The van der Waals surface area contributed by atoms with E-state index in [0.29, 0.717) is 6.54 Å². The van der Waals surface area contributed by atoms with E-state index in [1.54, 1.807) is 12.1 Å². The van der Waals surface area contributed by atoms with E-state index in [2.05, 4.69) is 15.5 Å². The van der Waals surface area contributed by atoms with Crippen LogP contribution in [0.4, 0.5) is 13.2 Å². The summed E-state index contributed by atoms with van der Waals surface area (Å²) in [6, 6.07) is 7.90. The molecule has 0 aliphatic carbocycles. The van der Waals surface area contributed by atoms with Gasteiger partial charge in [0.15, 0.2) is 0 Å². The van der Waals surface area contributed by atoms with Gasteiger partial charge in [0.2, 0.25) is 5.88 Å². The third-order valence-electron chi connectivity index (χ3n) is 2.64. The summed E-state index contributed by atoms with van der Waals surface area (Å²) >= 11 is 0. The predicted octanol–water partition coefficient (Wildman–Crippen LogP) is 3.40. The standard InChI is InChI=1S/C14H14F3N3O/c1-2-18-9-11-6-7-13(20-19-11)21-12-5-3-4-10(8-12)14(15,16)17/h3-8,18H,2,9H2,1H3. The van der Waals surface area contributed by atoms with Gasteiger partial charge in [-0.05, 0) is 30.8 Å². The molecule has 0 saturated heterocycles. The minimum Gasteiger partial charge on any atom is -0.438 e.